The van der Waals surface area contributed by atoms with Crippen LogP contribution in [-0.4, -0.2) is 15.3 Å². The SMILES string of the molecule is FC(F)(F)c1cc(Cl)nc(C=S)n1. The fourth-order valence-electron chi connectivity index (χ4n) is 0.633. The summed E-state index contributed by atoms with van der Waals surface area (Å²) in [7, 11) is 0. The molecule has 0 bridgehead atoms. The fourth-order valence-corrected chi connectivity index (χ4v) is 0.928. The first-order valence-corrected chi connectivity index (χ1v) is 3.85. The summed E-state index contributed by atoms with van der Waals surface area (Å²) < 4.78 is 36.3. The Hall–Kier alpha value is -0.750. The minimum atomic E-state index is -4.53. The Morgan fingerprint density at radius 1 is 1.38 bits per heavy atom. The lowest BCUT2D eigenvalue weighted by molar-refractivity contribution is -0.141. The average Bonchev–Trinajstić information content (AvgIpc) is 2.01. The number of hydrogen-bond acceptors (Lipinski definition) is 3. The van der Waals surface area contributed by atoms with Crippen LogP contribution >= 0.6 is 23.8 Å². The molecule has 0 N–H and O–H groups in total. The van der Waals surface area contributed by atoms with E-state index in [4.69, 9.17) is 11.6 Å². The first kappa shape index (κ1) is 10.3. The normalized spacial score (nSPS) is 11.4. The van der Waals surface area contributed by atoms with Crippen molar-refractivity contribution in [3.8, 4) is 0 Å². The molecule has 70 valence electrons. The molecule has 0 unspecified atom stereocenters. The molecule has 0 saturated heterocycles. The highest BCUT2D eigenvalue weighted by molar-refractivity contribution is 7.79. The van der Waals surface area contributed by atoms with Crippen LogP contribution in [0.5, 0.6) is 0 Å². The van der Waals surface area contributed by atoms with Crippen molar-refractivity contribution in [2.45, 2.75) is 6.18 Å². The van der Waals surface area contributed by atoms with Gasteiger partial charge in [-0.05, 0) is 0 Å². The molecule has 0 atom stereocenters. The maximum Gasteiger partial charge on any atom is 0.433 e. The number of nitrogens with zero attached hydrogens (tertiary/aromatic N) is 2. The van der Waals surface area contributed by atoms with Crippen LogP contribution in [0.4, 0.5) is 13.2 Å². The Bertz CT molecular complexity index is 339. The maximum absolute atomic E-state index is 12.1. The van der Waals surface area contributed by atoms with Crippen molar-refractivity contribution in [3.05, 3.63) is 22.7 Å². The molecule has 0 amide bonds. The summed E-state index contributed by atoms with van der Waals surface area (Å²) in [5, 5.41) is 0.652. The highest BCUT2D eigenvalue weighted by Gasteiger charge is 2.33. The van der Waals surface area contributed by atoms with Gasteiger partial charge in [-0.25, -0.2) is 9.97 Å². The molecule has 1 rings (SSSR count). The van der Waals surface area contributed by atoms with E-state index in [0.29, 0.717) is 6.07 Å². The van der Waals surface area contributed by atoms with E-state index in [1.165, 1.54) is 0 Å². The van der Waals surface area contributed by atoms with E-state index in [2.05, 4.69) is 22.2 Å². The topological polar surface area (TPSA) is 25.8 Å². The summed E-state index contributed by atoms with van der Waals surface area (Å²) in [5.41, 5.74) is -1.09. The Labute approximate surface area is 81.8 Å². The lowest BCUT2D eigenvalue weighted by atomic mass is 10.4. The summed E-state index contributed by atoms with van der Waals surface area (Å²) in [6, 6.07) is 0.643. The fraction of sp³-hybridized carbons (Fsp3) is 0.167. The van der Waals surface area contributed by atoms with E-state index in [-0.39, 0.29) is 11.0 Å². The van der Waals surface area contributed by atoms with Crippen LogP contribution < -0.4 is 0 Å². The molecule has 0 spiro atoms. The van der Waals surface area contributed by atoms with Crippen LogP contribution in [0.3, 0.4) is 0 Å². The third-order valence-electron chi connectivity index (χ3n) is 1.11. The third kappa shape index (κ3) is 2.60. The van der Waals surface area contributed by atoms with Gasteiger partial charge in [0.25, 0.3) is 0 Å². The van der Waals surface area contributed by atoms with Gasteiger partial charge in [0.15, 0.2) is 5.82 Å². The summed E-state index contributed by atoms with van der Waals surface area (Å²) in [5.74, 6) is -0.213. The van der Waals surface area contributed by atoms with Gasteiger partial charge in [0.1, 0.15) is 10.8 Å². The molecular weight excluding hydrogens is 225 g/mol. The van der Waals surface area contributed by atoms with Crippen molar-refractivity contribution in [1.82, 2.24) is 9.97 Å². The Balaban J connectivity index is 3.24. The zero-order valence-electron chi connectivity index (χ0n) is 5.97. The first-order valence-electron chi connectivity index (χ1n) is 3.00. The highest BCUT2D eigenvalue weighted by Crippen LogP contribution is 2.28. The highest BCUT2D eigenvalue weighted by atomic mass is 35.5. The molecule has 7 heteroatoms. The molecule has 0 fully saturated rings. The van der Waals surface area contributed by atoms with Crippen molar-refractivity contribution >= 4 is 29.2 Å². The Morgan fingerprint density at radius 2 is 2.00 bits per heavy atom. The third-order valence-corrected chi connectivity index (χ3v) is 1.51. The summed E-state index contributed by atoms with van der Waals surface area (Å²) in [4.78, 5) is 6.60. The largest absolute Gasteiger partial charge is 0.433 e. The number of hydrogen-bond donors (Lipinski definition) is 0. The van der Waals surface area contributed by atoms with E-state index in [1.807, 2.05) is 0 Å². The number of aromatic nitrogens is 2. The maximum atomic E-state index is 12.1. The van der Waals surface area contributed by atoms with E-state index in [9.17, 15) is 13.2 Å². The summed E-state index contributed by atoms with van der Waals surface area (Å²) >= 11 is 9.70. The van der Waals surface area contributed by atoms with Crippen LogP contribution in [0.15, 0.2) is 6.07 Å². The molecule has 1 aromatic heterocycles. The second kappa shape index (κ2) is 3.55. The molecule has 13 heavy (non-hydrogen) atoms. The van der Waals surface area contributed by atoms with Crippen molar-refractivity contribution < 1.29 is 13.2 Å². The van der Waals surface area contributed by atoms with E-state index in [1.54, 1.807) is 0 Å². The molecule has 0 aliphatic heterocycles. The van der Waals surface area contributed by atoms with Gasteiger partial charge in [0.05, 0.1) is 0 Å². The second-order valence-electron chi connectivity index (χ2n) is 2.05. The van der Waals surface area contributed by atoms with Crippen LogP contribution in [0.2, 0.25) is 5.15 Å². The van der Waals surface area contributed by atoms with Gasteiger partial charge >= 0.3 is 6.18 Å². The minimum absolute atomic E-state index is 0.213. The van der Waals surface area contributed by atoms with Crippen LogP contribution in [-0.2, 0) is 6.18 Å². The first-order chi connectivity index (χ1) is 5.93. The van der Waals surface area contributed by atoms with Gasteiger partial charge in [0.2, 0.25) is 0 Å². The van der Waals surface area contributed by atoms with Gasteiger partial charge in [-0.2, -0.15) is 13.2 Å². The zero-order chi connectivity index (χ0) is 10.1. The summed E-state index contributed by atoms with van der Waals surface area (Å²) in [6.45, 7) is 0. The van der Waals surface area contributed by atoms with Crippen molar-refractivity contribution in [2.75, 3.05) is 0 Å². The van der Waals surface area contributed by atoms with Crippen LogP contribution in [0, 0.1) is 0 Å². The van der Waals surface area contributed by atoms with Crippen molar-refractivity contribution in [1.29, 1.82) is 0 Å². The van der Waals surface area contributed by atoms with E-state index < -0.39 is 11.9 Å². The van der Waals surface area contributed by atoms with Gasteiger partial charge in [-0.1, -0.05) is 23.8 Å². The quantitative estimate of drug-likeness (QED) is 0.544. The molecule has 0 saturated carbocycles. The molecule has 0 aromatic carbocycles. The monoisotopic (exact) mass is 226 g/mol. The number of rotatable bonds is 1. The van der Waals surface area contributed by atoms with Crippen LogP contribution in [0.25, 0.3) is 0 Å². The predicted molar refractivity (Wildman–Crippen MR) is 44.8 cm³/mol. The molecule has 0 aliphatic rings. The lowest BCUT2D eigenvalue weighted by Crippen LogP contribution is -2.10. The Morgan fingerprint density at radius 3 is 2.46 bits per heavy atom. The standard InChI is InChI=1S/C6H2ClF3N2S/c7-4-1-3(6(8,9)10)11-5(2-13)12-4/h1-2H. The smallest absolute Gasteiger partial charge is 0.223 e. The van der Waals surface area contributed by atoms with E-state index in [0.717, 1.165) is 5.37 Å². The molecular formula is C6H2ClF3N2S. The zero-order valence-corrected chi connectivity index (χ0v) is 7.54. The number of halogens is 4. The number of alkyl halides is 3. The van der Waals surface area contributed by atoms with E-state index >= 15 is 0 Å². The van der Waals surface area contributed by atoms with Gasteiger partial charge < -0.3 is 0 Å². The molecule has 2 nitrogen and oxygen atoms in total. The van der Waals surface area contributed by atoms with Crippen molar-refractivity contribution in [2.24, 2.45) is 0 Å². The second-order valence-corrected chi connectivity index (χ2v) is 2.67. The minimum Gasteiger partial charge on any atom is -0.223 e. The van der Waals surface area contributed by atoms with Crippen LogP contribution in [0.1, 0.15) is 11.5 Å². The molecule has 1 aromatic rings. The molecule has 0 aliphatic carbocycles. The molecule has 1 heterocycles. The van der Waals surface area contributed by atoms with Gasteiger partial charge in [-0.15, -0.1) is 0 Å². The van der Waals surface area contributed by atoms with Gasteiger partial charge in [0, 0.05) is 11.4 Å². The lowest BCUT2D eigenvalue weighted by Gasteiger charge is -2.05. The Kier molecular flexibility index (Phi) is 2.82. The molecule has 0 radical (unpaired) electrons. The predicted octanol–water partition coefficient (Wildman–Crippen LogP) is 2.50. The summed E-state index contributed by atoms with van der Waals surface area (Å²) in [6.07, 6.45) is -4.53. The van der Waals surface area contributed by atoms with Gasteiger partial charge in [-0.3, -0.25) is 0 Å². The van der Waals surface area contributed by atoms with Crippen molar-refractivity contribution in [3.63, 3.8) is 0 Å². The number of thiocarbonyl (C=S) groups is 1. The average molecular weight is 227 g/mol.